The highest BCUT2D eigenvalue weighted by atomic mass is 32.1. The van der Waals surface area contributed by atoms with Crippen LogP contribution in [0.2, 0.25) is 0 Å². The van der Waals surface area contributed by atoms with Gasteiger partial charge in [-0.1, -0.05) is 20.8 Å². The quantitative estimate of drug-likeness (QED) is 0.939. The lowest BCUT2D eigenvalue weighted by Gasteiger charge is -2.14. The van der Waals surface area contributed by atoms with E-state index < -0.39 is 6.10 Å². The third-order valence-corrected chi connectivity index (χ3v) is 4.09. The Morgan fingerprint density at radius 3 is 2.70 bits per heavy atom. The molecule has 1 unspecified atom stereocenters. The number of pyridine rings is 1. The van der Waals surface area contributed by atoms with Gasteiger partial charge in [-0.25, -0.2) is 4.98 Å². The van der Waals surface area contributed by atoms with E-state index in [9.17, 15) is 5.11 Å². The minimum Gasteiger partial charge on any atom is -0.492 e. The summed E-state index contributed by atoms with van der Waals surface area (Å²) in [4.78, 5) is 8.63. The van der Waals surface area contributed by atoms with E-state index in [1.165, 1.54) is 0 Å². The second-order valence-electron chi connectivity index (χ2n) is 5.62. The molecule has 0 saturated carbocycles. The SMILES string of the molecule is CCOc1cncc(C(O)c2csc(C(C)(C)C)n2)c1. The Morgan fingerprint density at radius 2 is 2.10 bits per heavy atom. The molecule has 2 aromatic rings. The summed E-state index contributed by atoms with van der Waals surface area (Å²) in [6, 6.07) is 1.80. The molecule has 5 heteroatoms. The lowest BCUT2D eigenvalue weighted by molar-refractivity contribution is 0.214. The van der Waals surface area contributed by atoms with E-state index >= 15 is 0 Å². The molecule has 0 saturated heterocycles. The first-order chi connectivity index (χ1) is 9.41. The molecule has 1 atom stereocenters. The van der Waals surface area contributed by atoms with Crippen LogP contribution >= 0.6 is 11.3 Å². The molecule has 0 spiro atoms. The van der Waals surface area contributed by atoms with Gasteiger partial charge < -0.3 is 9.84 Å². The molecular formula is C15H20N2O2S. The van der Waals surface area contributed by atoms with Gasteiger partial charge in [-0.2, -0.15) is 0 Å². The van der Waals surface area contributed by atoms with E-state index in [2.05, 4.69) is 30.7 Å². The zero-order chi connectivity index (χ0) is 14.8. The number of ether oxygens (including phenoxy) is 1. The standard InChI is InChI=1S/C15H20N2O2S/c1-5-19-11-6-10(7-16-8-11)13(18)12-9-20-14(17-12)15(2,3)4/h6-9,13,18H,5H2,1-4H3. The average molecular weight is 292 g/mol. The zero-order valence-electron chi connectivity index (χ0n) is 12.3. The molecule has 2 heterocycles. The van der Waals surface area contributed by atoms with Gasteiger partial charge >= 0.3 is 0 Å². The number of rotatable bonds is 4. The maximum Gasteiger partial charge on any atom is 0.137 e. The van der Waals surface area contributed by atoms with Crippen LogP contribution < -0.4 is 4.74 Å². The Bertz CT molecular complexity index is 575. The summed E-state index contributed by atoms with van der Waals surface area (Å²) in [5, 5.41) is 13.3. The molecule has 2 rings (SSSR count). The lowest BCUT2D eigenvalue weighted by atomic mass is 9.98. The van der Waals surface area contributed by atoms with Crippen LogP contribution in [0, 0.1) is 0 Å². The van der Waals surface area contributed by atoms with Crippen LogP contribution in [-0.4, -0.2) is 21.7 Å². The lowest BCUT2D eigenvalue weighted by Crippen LogP contribution is -2.11. The van der Waals surface area contributed by atoms with Crippen molar-refractivity contribution in [2.24, 2.45) is 0 Å². The average Bonchev–Trinajstić information content (AvgIpc) is 2.88. The topological polar surface area (TPSA) is 55.2 Å². The fourth-order valence-electron chi connectivity index (χ4n) is 1.76. The van der Waals surface area contributed by atoms with Gasteiger partial charge in [0.25, 0.3) is 0 Å². The van der Waals surface area contributed by atoms with Crippen LogP contribution in [0.25, 0.3) is 0 Å². The number of aromatic nitrogens is 2. The first kappa shape index (κ1) is 14.9. The molecule has 2 aromatic heterocycles. The molecule has 0 aliphatic carbocycles. The summed E-state index contributed by atoms with van der Waals surface area (Å²) in [6.07, 6.45) is 2.51. The maximum absolute atomic E-state index is 10.4. The highest BCUT2D eigenvalue weighted by molar-refractivity contribution is 7.09. The second-order valence-corrected chi connectivity index (χ2v) is 6.48. The van der Waals surface area contributed by atoms with Gasteiger partial charge in [0.15, 0.2) is 0 Å². The number of hydrogen-bond donors (Lipinski definition) is 1. The van der Waals surface area contributed by atoms with Crippen LogP contribution in [0.4, 0.5) is 0 Å². The van der Waals surface area contributed by atoms with Gasteiger partial charge in [0.2, 0.25) is 0 Å². The number of hydrogen-bond acceptors (Lipinski definition) is 5. The summed E-state index contributed by atoms with van der Waals surface area (Å²) in [6.45, 7) is 8.82. The first-order valence-electron chi connectivity index (χ1n) is 6.63. The smallest absolute Gasteiger partial charge is 0.137 e. The summed E-state index contributed by atoms with van der Waals surface area (Å²) in [7, 11) is 0. The zero-order valence-corrected chi connectivity index (χ0v) is 13.1. The molecule has 0 radical (unpaired) electrons. The van der Waals surface area contributed by atoms with Crippen LogP contribution in [0.3, 0.4) is 0 Å². The Hall–Kier alpha value is -1.46. The number of aliphatic hydroxyl groups excluding tert-OH is 1. The molecular weight excluding hydrogens is 272 g/mol. The molecule has 0 amide bonds. The van der Waals surface area contributed by atoms with E-state index in [1.54, 1.807) is 29.8 Å². The molecule has 0 fully saturated rings. The maximum atomic E-state index is 10.4. The van der Waals surface area contributed by atoms with Crippen LogP contribution in [0.1, 0.15) is 50.1 Å². The van der Waals surface area contributed by atoms with Gasteiger partial charge in [0, 0.05) is 22.6 Å². The van der Waals surface area contributed by atoms with E-state index in [1.807, 2.05) is 12.3 Å². The minimum atomic E-state index is -0.768. The molecule has 4 nitrogen and oxygen atoms in total. The molecule has 0 aliphatic heterocycles. The normalized spacial score (nSPS) is 13.2. The van der Waals surface area contributed by atoms with Crippen molar-refractivity contribution in [2.45, 2.75) is 39.2 Å². The van der Waals surface area contributed by atoms with E-state index in [0.29, 0.717) is 23.6 Å². The fourth-order valence-corrected chi connectivity index (χ4v) is 2.68. The van der Waals surface area contributed by atoms with Gasteiger partial charge in [0.1, 0.15) is 11.9 Å². The molecule has 20 heavy (non-hydrogen) atoms. The van der Waals surface area contributed by atoms with Crippen LogP contribution in [0.5, 0.6) is 5.75 Å². The number of nitrogens with zero attached hydrogens (tertiary/aromatic N) is 2. The molecule has 0 aliphatic rings. The first-order valence-corrected chi connectivity index (χ1v) is 7.51. The van der Waals surface area contributed by atoms with Crippen molar-refractivity contribution in [1.82, 2.24) is 9.97 Å². The minimum absolute atomic E-state index is 0.00590. The van der Waals surface area contributed by atoms with E-state index in [4.69, 9.17) is 4.74 Å². The third kappa shape index (κ3) is 3.35. The summed E-state index contributed by atoms with van der Waals surface area (Å²) >= 11 is 1.57. The molecule has 0 aromatic carbocycles. The van der Waals surface area contributed by atoms with E-state index in [0.717, 1.165) is 5.01 Å². The van der Waals surface area contributed by atoms with Crippen molar-refractivity contribution in [3.8, 4) is 5.75 Å². The molecule has 0 bridgehead atoms. The third-order valence-electron chi connectivity index (χ3n) is 2.80. The number of aliphatic hydroxyl groups is 1. The molecule has 1 N–H and O–H groups in total. The van der Waals surface area contributed by atoms with Crippen molar-refractivity contribution in [2.75, 3.05) is 6.61 Å². The van der Waals surface area contributed by atoms with Crippen molar-refractivity contribution >= 4 is 11.3 Å². The van der Waals surface area contributed by atoms with Crippen LogP contribution in [0.15, 0.2) is 23.8 Å². The predicted molar refractivity (Wildman–Crippen MR) is 80.3 cm³/mol. The van der Waals surface area contributed by atoms with Crippen molar-refractivity contribution in [3.05, 3.63) is 40.1 Å². The van der Waals surface area contributed by atoms with Gasteiger partial charge in [0.05, 0.1) is 23.5 Å². The Kier molecular flexibility index (Phi) is 4.40. The summed E-state index contributed by atoms with van der Waals surface area (Å²) in [5.41, 5.74) is 1.35. The van der Waals surface area contributed by atoms with Crippen LogP contribution in [-0.2, 0) is 5.41 Å². The Labute approximate surface area is 123 Å². The Morgan fingerprint density at radius 1 is 1.35 bits per heavy atom. The largest absolute Gasteiger partial charge is 0.492 e. The van der Waals surface area contributed by atoms with Crippen molar-refractivity contribution < 1.29 is 9.84 Å². The summed E-state index contributed by atoms with van der Waals surface area (Å²) in [5.74, 6) is 0.662. The van der Waals surface area contributed by atoms with Crippen molar-refractivity contribution in [3.63, 3.8) is 0 Å². The second kappa shape index (κ2) is 5.89. The highest BCUT2D eigenvalue weighted by Crippen LogP contribution is 2.30. The fraction of sp³-hybridized carbons (Fsp3) is 0.467. The van der Waals surface area contributed by atoms with E-state index in [-0.39, 0.29) is 5.41 Å². The Balaban J connectivity index is 2.24. The van der Waals surface area contributed by atoms with Crippen molar-refractivity contribution in [1.29, 1.82) is 0 Å². The molecule has 108 valence electrons. The monoisotopic (exact) mass is 292 g/mol. The van der Waals surface area contributed by atoms with Gasteiger partial charge in [-0.05, 0) is 13.0 Å². The number of thiazole rings is 1. The van der Waals surface area contributed by atoms with Gasteiger partial charge in [-0.3, -0.25) is 4.98 Å². The predicted octanol–water partition coefficient (Wildman–Crippen LogP) is 3.32. The summed E-state index contributed by atoms with van der Waals surface area (Å²) < 4.78 is 5.40. The highest BCUT2D eigenvalue weighted by Gasteiger charge is 2.21. The van der Waals surface area contributed by atoms with Gasteiger partial charge in [-0.15, -0.1) is 11.3 Å².